The maximum atomic E-state index is 10.6. The van der Waals surface area contributed by atoms with Gasteiger partial charge in [0.25, 0.3) is 0 Å². The van der Waals surface area contributed by atoms with E-state index < -0.39 is 8.25 Å². The van der Waals surface area contributed by atoms with Gasteiger partial charge in [0.2, 0.25) is 0 Å². The van der Waals surface area contributed by atoms with Crippen LogP contribution in [-0.4, -0.2) is 4.89 Å². The van der Waals surface area contributed by atoms with Crippen LogP contribution in [0.25, 0.3) is 0 Å². The molecule has 0 saturated carbocycles. The zero-order valence-electron chi connectivity index (χ0n) is 13.8. The van der Waals surface area contributed by atoms with Crippen molar-refractivity contribution in [1.29, 1.82) is 0 Å². The van der Waals surface area contributed by atoms with Gasteiger partial charge < -0.3 is 0 Å². The number of rotatable bonds is 13. The second-order valence-corrected chi connectivity index (χ2v) is 6.56. The van der Waals surface area contributed by atoms with Crippen molar-refractivity contribution in [1.82, 2.24) is 0 Å². The fraction of sp³-hybridized carbons (Fsp3) is 0.667. The molecule has 0 heterocycles. The lowest BCUT2D eigenvalue weighted by molar-refractivity contribution is 0.410. The van der Waals surface area contributed by atoms with Gasteiger partial charge in [-0.25, -0.2) is 4.52 Å². The summed E-state index contributed by atoms with van der Waals surface area (Å²) >= 11 is 0. The summed E-state index contributed by atoms with van der Waals surface area (Å²) in [5, 5.41) is 0. The minimum atomic E-state index is -2.56. The van der Waals surface area contributed by atoms with Crippen molar-refractivity contribution in [2.45, 2.75) is 77.6 Å². The van der Waals surface area contributed by atoms with E-state index in [2.05, 4.69) is 6.92 Å². The van der Waals surface area contributed by atoms with Gasteiger partial charge in [-0.15, -0.1) is 4.89 Å². The maximum Gasteiger partial charge on any atom is 0.747 e. The molecule has 1 rings (SSSR count). The van der Waals surface area contributed by atoms with E-state index in [1.807, 2.05) is 12.1 Å². The predicted octanol–water partition coefficient (Wildman–Crippen LogP) is 6.18. The summed E-state index contributed by atoms with van der Waals surface area (Å²) in [4.78, 5) is 8.67. The minimum Gasteiger partial charge on any atom is -0.229 e. The van der Waals surface area contributed by atoms with Crippen LogP contribution in [0.1, 0.15) is 76.7 Å². The highest BCUT2D eigenvalue weighted by molar-refractivity contribution is 7.32. The van der Waals surface area contributed by atoms with Gasteiger partial charge in [-0.2, -0.15) is 0 Å². The second-order valence-electron chi connectivity index (χ2n) is 5.91. The smallest absolute Gasteiger partial charge is 0.229 e. The lowest BCUT2D eigenvalue weighted by Gasteiger charge is -2.03. The van der Waals surface area contributed by atoms with Crippen molar-refractivity contribution in [3.8, 4) is 5.75 Å². The van der Waals surface area contributed by atoms with Gasteiger partial charge >= 0.3 is 8.25 Å². The van der Waals surface area contributed by atoms with Crippen molar-refractivity contribution < 1.29 is 14.0 Å². The van der Waals surface area contributed by atoms with Gasteiger partial charge in [-0.05, 0) is 30.5 Å². The molecule has 0 saturated heterocycles. The van der Waals surface area contributed by atoms with Crippen LogP contribution >= 0.6 is 8.25 Å². The van der Waals surface area contributed by atoms with Gasteiger partial charge in [0.1, 0.15) is 0 Å². The summed E-state index contributed by atoms with van der Waals surface area (Å²) in [6.07, 6.45) is 14.6. The van der Waals surface area contributed by atoms with E-state index in [4.69, 9.17) is 9.42 Å². The lowest BCUT2D eigenvalue weighted by Crippen LogP contribution is -1.87. The molecule has 0 spiro atoms. The maximum absolute atomic E-state index is 10.6. The average Bonchev–Trinajstić information content (AvgIpc) is 2.50. The molecule has 124 valence electrons. The van der Waals surface area contributed by atoms with Crippen molar-refractivity contribution >= 4 is 8.25 Å². The van der Waals surface area contributed by atoms with Crippen molar-refractivity contribution in [3.05, 3.63) is 29.8 Å². The summed E-state index contributed by atoms with van der Waals surface area (Å²) in [6.45, 7) is 2.26. The van der Waals surface area contributed by atoms with Crippen LogP contribution in [0.3, 0.4) is 0 Å². The van der Waals surface area contributed by atoms with Gasteiger partial charge in [0.15, 0.2) is 5.75 Å². The third-order valence-electron chi connectivity index (χ3n) is 3.93. The Morgan fingerprint density at radius 2 is 1.36 bits per heavy atom. The molecule has 0 amide bonds. The number of benzene rings is 1. The first kappa shape index (κ1) is 19.1. The monoisotopic (exact) mass is 325 g/mol. The van der Waals surface area contributed by atoms with E-state index in [1.54, 1.807) is 12.1 Å². The Labute approximate surface area is 136 Å². The molecule has 0 aliphatic heterocycles. The number of aryl methyl sites for hydroxylation is 1. The molecule has 22 heavy (non-hydrogen) atoms. The third-order valence-corrected chi connectivity index (χ3v) is 4.29. The zero-order valence-corrected chi connectivity index (χ0v) is 14.7. The highest BCUT2D eigenvalue weighted by Crippen LogP contribution is 2.23. The van der Waals surface area contributed by atoms with Crippen LogP contribution in [0.5, 0.6) is 5.75 Å². The van der Waals surface area contributed by atoms with Crippen LogP contribution in [0, 0.1) is 0 Å². The molecule has 4 heteroatoms. The van der Waals surface area contributed by atoms with Crippen LogP contribution in [0.4, 0.5) is 0 Å². The Morgan fingerprint density at radius 3 is 1.86 bits per heavy atom. The molecule has 1 N–H and O–H groups in total. The highest BCUT2D eigenvalue weighted by atomic mass is 31.1. The molecular weight excluding hydrogens is 295 g/mol. The van der Waals surface area contributed by atoms with Crippen LogP contribution in [0.15, 0.2) is 24.3 Å². The Kier molecular flexibility index (Phi) is 11.0. The average molecular weight is 325 g/mol. The Morgan fingerprint density at radius 1 is 0.864 bits per heavy atom. The second kappa shape index (κ2) is 12.6. The summed E-state index contributed by atoms with van der Waals surface area (Å²) in [5.41, 5.74) is 1.26. The molecule has 0 aliphatic rings. The molecular formula is C18H30O3P+. The van der Waals surface area contributed by atoms with Crippen LogP contribution in [0.2, 0.25) is 0 Å². The normalized spacial score (nSPS) is 11.5. The Hall–Kier alpha value is -0.920. The van der Waals surface area contributed by atoms with Crippen LogP contribution in [-0.2, 0) is 11.0 Å². The quantitative estimate of drug-likeness (QED) is 0.348. The van der Waals surface area contributed by atoms with Gasteiger partial charge in [-0.3, -0.25) is 0 Å². The van der Waals surface area contributed by atoms with Gasteiger partial charge in [0, 0.05) is 4.57 Å². The first-order valence-corrected chi connectivity index (χ1v) is 9.78. The molecule has 0 radical (unpaired) electrons. The molecule has 0 aliphatic carbocycles. The molecule has 0 aromatic heterocycles. The number of hydrogen-bond donors (Lipinski definition) is 1. The largest absolute Gasteiger partial charge is 0.747 e. The first-order chi connectivity index (χ1) is 10.7. The standard InChI is InChI=1S/C18H29O3P/c1-2-3-4-5-6-7-8-9-10-11-12-17-13-15-18(16-14-17)21-22(19)20/h13-16H,2-12H2,1H3/p+1. The van der Waals surface area contributed by atoms with Gasteiger partial charge in [-0.1, -0.05) is 76.8 Å². The van der Waals surface area contributed by atoms with E-state index in [0.717, 1.165) is 6.42 Å². The van der Waals surface area contributed by atoms with Crippen molar-refractivity contribution in [3.63, 3.8) is 0 Å². The molecule has 1 aromatic rings. The van der Waals surface area contributed by atoms with E-state index in [9.17, 15) is 4.57 Å². The summed E-state index contributed by atoms with van der Waals surface area (Å²) < 4.78 is 15.3. The number of unbranched alkanes of at least 4 members (excludes halogenated alkanes) is 9. The van der Waals surface area contributed by atoms with Crippen molar-refractivity contribution in [2.75, 3.05) is 0 Å². The highest BCUT2D eigenvalue weighted by Gasteiger charge is 2.13. The molecule has 0 bridgehead atoms. The minimum absolute atomic E-state index is 0.454. The Bertz CT molecular complexity index is 403. The summed E-state index contributed by atoms with van der Waals surface area (Å²) in [7, 11) is -2.56. The van der Waals surface area contributed by atoms with E-state index in [1.165, 1.54) is 69.8 Å². The van der Waals surface area contributed by atoms with E-state index in [0.29, 0.717) is 5.75 Å². The molecule has 3 nitrogen and oxygen atoms in total. The molecule has 1 unspecified atom stereocenters. The van der Waals surface area contributed by atoms with Crippen LogP contribution < -0.4 is 4.52 Å². The zero-order chi connectivity index (χ0) is 16.0. The fourth-order valence-electron chi connectivity index (χ4n) is 2.62. The molecule has 1 atom stereocenters. The summed E-state index contributed by atoms with van der Waals surface area (Å²) in [5.74, 6) is 0.454. The van der Waals surface area contributed by atoms with Crippen molar-refractivity contribution in [2.24, 2.45) is 0 Å². The summed E-state index contributed by atoms with van der Waals surface area (Å²) in [6, 6.07) is 7.47. The van der Waals surface area contributed by atoms with E-state index >= 15 is 0 Å². The SMILES string of the molecule is CCCCCCCCCCCCc1ccc(O[P+](=O)O)cc1. The third kappa shape index (κ3) is 9.92. The van der Waals surface area contributed by atoms with E-state index in [-0.39, 0.29) is 0 Å². The topological polar surface area (TPSA) is 46.5 Å². The van der Waals surface area contributed by atoms with Gasteiger partial charge in [0.05, 0.1) is 0 Å². The fourth-order valence-corrected chi connectivity index (χ4v) is 2.93. The predicted molar refractivity (Wildman–Crippen MR) is 92.4 cm³/mol. The molecule has 0 fully saturated rings. The molecule has 1 aromatic carbocycles. The first-order valence-electron chi connectivity index (χ1n) is 8.65. The number of hydrogen-bond acceptors (Lipinski definition) is 2. The lowest BCUT2D eigenvalue weighted by atomic mass is 10.0. The Balaban J connectivity index is 1.99.